The summed E-state index contributed by atoms with van der Waals surface area (Å²) in [7, 11) is 0. The molecule has 2 heteroatoms. The van der Waals surface area contributed by atoms with Crippen molar-refractivity contribution >= 4 is 5.97 Å². The monoisotopic (exact) mass is 166 g/mol. The normalized spacial score (nSPS) is 21.9. The van der Waals surface area contributed by atoms with Crippen LogP contribution in [0.3, 0.4) is 0 Å². The lowest BCUT2D eigenvalue weighted by molar-refractivity contribution is -0.138. The Morgan fingerprint density at radius 1 is 1.75 bits per heavy atom. The number of ether oxygens (including phenoxy) is 1. The first-order chi connectivity index (χ1) is 5.77. The zero-order valence-corrected chi connectivity index (χ0v) is 7.38. The summed E-state index contributed by atoms with van der Waals surface area (Å²) in [5.74, 6) is -0.231. The van der Waals surface area contributed by atoms with Crippen molar-refractivity contribution in [1.82, 2.24) is 0 Å². The Kier molecular flexibility index (Phi) is 3.09. The van der Waals surface area contributed by atoms with Crippen LogP contribution in [0.25, 0.3) is 0 Å². The SMILES string of the molecule is C=CC1=CC(=O)OC1CCCC. The van der Waals surface area contributed by atoms with Crippen LogP contribution in [-0.4, -0.2) is 12.1 Å². The lowest BCUT2D eigenvalue weighted by atomic mass is 10.1. The van der Waals surface area contributed by atoms with E-state index >= 15 is 0 Å². The third-order valence-corrected chi connectivity index (χ3v) is 1.97. The van der Waals surface area contributed by atoms with Crippen LogP contribution in [-0.2, 0) is 9.53 Å². The van der Waals surface area contributed by atoms with E-state index in [1.807, 2.05) is 0 Å². The number of cyclic esters (lactones) is 1. The van der Waals surface area contributed by atoms with Crippen LogP contribution < -0.4 is 0 Å². The van der Waals surface area contributed by atoms with Gasteiger partial charge in [-0.15, -0.1) is 0 Å². The molecule has 0 bridgehead atoms. The Bertz CT molecular complexity index is 216. The molecule has 1 unspecified atom stereocenters. The van der Waals surface area contributed by atoms with E-state index in [0.29, 0.717) is 0 Å². The third kappa shape index (κ3) is 1.97. The third-order valence-electron chi connectivity index (χ3n) is 1.97. The van der Waals surface area contributed by atoms with E-state index in [1.54, 1.807) is 6.08 Å². The molecule has 0 spiro atoms. The minimum atomic E-state index is -0.231. The fourth-order valence-corrected chi connectivity index (χ4v) is 1.28. The lowest BCUT2D eigenvalue weighted by Crippen LogP contribution is -2.10. The van der Waals surface area contributed by atoms with Crippen LogP contribution in [0.4, 0.5) is 0 Å². The first kappa shape index (κ1) is 9.04. The zero-order chi connectivity index (χ0) is 8.97. The Morgan fingerprint density at radius 3 is 3.08 bits per heavy atom. The molecule has 0 radical (unpaired) electrons. The molecule has 0 saturated heterocycles. The van der Waals surface area contributed by atoms with Gasteiger partial charge >= 0.3 is 5.97 Å². The van der Waals surface area contributed by atoms with Gasteiger partial charge in [0.2, 0.25) is 0 Å². The lowest BCUT2D eigenvalue weighted by Gasteiger charge is -2.10. The largest absolute Gasteiger partial charge is 0.454 e. The smallest absolute Gasteiger partial charge is 0.331 e. The van der Waals surface area contributed by atoms with Crippen molar-refractivity contribution in [3.63, 3.8) is 0 Å². The highest BCUT2D eigenvalue weighted by molar-refractivity contribution is 5.86. The minimum absolute atomic E-state index is 0.0325. The van der Waals surface area contributed by atoms with E-state index in [4.69, 9.17) is 4.74 Å². The molecule has 66 valence electrons. The maximum atomic E-state index is 10.8. The first-order valence-electron chi connectivity index (χ1n) is 4.32. The molecule has 0 aliphatic carbocycles. The molecule has 1 aliphatic heterocycles. The van der Waals surface area contributed by atoms with Gasteiger partial charge in [-0.25, -0.2) is 4.79 Å². The van der Waals surface area contributed by atoms with Gasteiger partial charge in [-0.05, 0) is 18.4 Å². The molecule has 1 aliphatic rings. The predicted molar refractivity (Wildman–Crippen MR) is 47.7 cm³/mol. The van der Waals surface area contributed by atoms with Crippen LogP contribution in [0.1, 0.15) is 26.2 Å². The second-order valence-corrected chi connectivity index (χ2v) is 2.92. The average molecular weight is 166 g/mol. The molecule has 12 heavy (non-hydrogen) atoms. The molecule has 0 aromatic carbocycles. The highest BCUT2D eigenvalue weighted by Crippen LogP contribution is 2.21. The highest BCUT2D eigenvalue weighted by atomic mass is 16.5. The second kappa shape index (κ2) is 4.10. The molecule has 0 saturated carbocycles. The van der Waals surface area contributed by atoms with Crippen molar-refractivity contribution < 1.29 is 9.53 Å². The van der Waals surface area contributed by atoms with Crippen molar-refractivity contribution in [3.05, 3.63) is 24.3 Å². The van der Waals surface area contributed by atoms with Crippen LogP contribution in [0, 0.1) is 0 Å². The van der Waals surface area contributed by atoms with Gasteiger partial charge in [-0.3, -0.25) is 0 Å². The van der Waals surface area contributed by atoms with E-state index in [0.717, 1.165) is 24.8 Å². The summed E-state index contributed by atoms with van der Waals surface area (Å²) in [4.78, 5) is 10.8. The summed E-state index contributed by atoms with van der Waals surface area (Å²) < 4.78 is 5.06. The van der Waals surface area contributed by atoms with Gasteiger partial charge in [0.15, 0.2) is 0 Å². The van der Waals surface area contributed by atoms with E-state index in [1.165, 1.54) is 6.08 Å². The summed E-state index contributed by atoms with van der Waals surface area (Å²) in [6, 6.07) is 0. The van der Waals surface area contributed by atoms with Crippen LogP contribution in [0.2, 0.25) is 0 Å². The Balaban J connectivity index is 2.50. The molecule has 0 N–H and O–H groups in total. The van der Waals surface area contributed by atoms with Crippen molar-refractivity contribution in [2.45, 2.75) is 32.3 Å². The maximum Gasteiger partial charge on any atom is 0.331 e. The van der Waals surface area contributed by atoms with E-state index in [-0.39, 0.29) is 12.1 Å². The number of carbonyl (C=O) groups excluding carboxylic acids is 1. The number of hydrogen-bond donors (Lipinski definition) is 0. The Labute approximate surface area is 72.9 Å². The number of rotatable bonds is 4. The number of unbranched alkanes of at least 4 members (excludes halogenated alkanes) is 1. The summed E-state index contributed by atoms with van der Waals surface area (Å²) in [6.07, 6.45) is 6.32. The molecule has 0 aromatic rings. The average Bonchev–Trinajstić information content (AvgIpc) is 2.42. The van der Waals surface area contributed by atoms with E-state index < -0.39 is 0 Å². The van der Waals surface area contributed by atoms with Gasteiger partial charge in [0.1, 0.15) is 6.10 Å². The number of carbonyl (C=O) groups is 1. The summed E-state index contributed by atoms with van der Waals surface area (Å²) in [5, 5.41) is 0. The maximum absolute atomic E-state index is 10.8. The van der Waals surface area contributed by atoms with Crippen molar-refractivity contribution in [1.29, 1.82) is 0 Å². The molecule has 1 heterocycles. The van der Waals surface area contributed by atoms with Gasteiger partial charge < -0.3 is 4.74 Å². The summed E-state index contributed by atoms with van der Waals surface area (Å²) in [5.41, 5.74) is 0.924. The molecule has 1 atom stereocenters. The number of esters is 1. The molecule has 1 rings (SSSR count). The Morgan fingerprint density at radius 2 is 2.50 bits per heavy atom. The van der Waals surface area contributed by atoms with Crippen LogP contribution in [0.5, 0.6) is 0 Å². The van der Waals surface area contributed by atoms with Gasteiger partial charge in [0, 0.05) is 6.08 Å². The van der Waals surface area contributed by atoms with Crippen LogP contribution >= 0.6 is 0 Å². The molecular formula is C10H14O2. The zero-order valence-electron chi connectivity index (χ0n) is 7.38. The van der Waals surface area contributed by atoms with Crippen molar-refractivity contribution in [2.75, 3.05) is 0 Å². The van der Waals surface area contributed by atoms with Gasteiger partial charge in [0.05, 0.1) is 0 Å². The number of hydrogen-bond acceptors (Lipinski definition) is 2. The molecule has 0 fully saturated rings. The fourth-order valence-electron chi connectivity index (χ4n) is 1.28. The standard InChI is InChI=1S/C10H14O2/c1-3-5-6-9-8(4-2)7-10(11)12-9/h4,7,9H,2-3,5-6H2,1H3. The van der Waals surface area contributed by atoms with Gasteiger partial charge in [0.25, 0.3) is 0 Å². The topological polar surface area (TPSA) is 26.3 Å². The van der Waals surface area contributed by atoms with E-state index in [9.17, 15) is 4.79 Å². The highest BCUT2D eigenvalue weighted by Gasteiger charge is 2.22. The quantitative estimate of drug-likeness (QED) is 0.598. The first-order valence-corrected chi connectivity index (χ1v) is 4.32. The molecule has 2 nitrogen and oxygen atoms in total. The molecule has 0 aromatic heterocycles. The molecule has 0 amide bonds. The fraction of sp³-hybridized carbons (Fsp3) is 0.500. The Hall–Kier alpha value is -1.05. The summed E-state index contributed by atoms with van der Waals surface area (Å²) in [6.45, 7) is 5.75. The summed E-state index contributed by atoms with van der Waals surface area (Å²) >= 11 is 0. The van der Waals surface area contributed by atoms with Gasteiger partial charge in [-0.1, -0.05) is 26.0 Å². The molecular weight excluding hydrogens is 152 g/mol. The van der Waals surface area contributed by atoms with E-state index in [2.05, 4.69) is 13.5 Å². The van der Waals surface area contributed by atoms with Gasteiger partial charge in [-0.2, -0.15) is 0 Å². The minimum Gasteiger partial charge on any atom is -0.454 e. The predicted octanol–water partition coefficient (Wildman–Crippen LogP) is 2.21. The van der Waals surface area contributed by atoms with Crippen molar-refractivity contribution in [2.24, 2.45) is 0 Å². The van der Waals surface area contributed by atoms with Crippen LogP contribution in [0.15, 0.2) is 24.3 Å². The second-order valence-electron chi connectivity index (χ2n) is 2.92. The van der Waals surface area contributed by atoms with Crippen molar-refractivity contribution in [3.8, 4) is 0 Å².